The number of fused-ring (bicyclic) bond motifs is 1. The van der Waals surface area contributed by atoms with Gasteiger partial charge in [0.1, 0.15) is 0 Å². The van der Waals surface area contributed by atoms with Gasteiger partial charge in [0, 0.05) is 13.1 Å². The minimum absolute atomic E-state index is 0.0267. The highest BCUT2D eigenvalue weighted by Crippen LogP contribution is 2.37. The van der Waals surface area contributed by atoms with Crippen LogP contribution in [0.3, 0.4) is 0 Å². The number of benzene rings is 1. The highest BCUT2D eigenvalue weighted by Gasteiger charge is 2.19. The zero-order valence-corrected chi connectivity index (χ0v) is 10.9. The van der Waals surface area contributed by atoms with E-state index in [1.807, 2.05) is 26.0 Å². The van der Waals surface area contributed by atoms with Crippen LogP contribution in [0.15, 0.2) is 12.1 Å². The molecule has 0 fully saturated rings. The molecule has 1 aliphatic rings. The molecule has 0 bridgehead atoms. The van der Waals surface area contributed by atoms with Gasteiger partial charge in [-0.25, -0.2) is 0 Å². The predicted octanol–water partition coefficient (Wildman–Crippen LogP) is 1.30. The maximum absolute atomic E-state index is 11.9. The molecule has 0 atom stereocenters. The summed E-state index contributed by atoms with van der Waals surface area (Å²) in [4.78, 5) is 13.6. The van der Waals surface area contributed by atoms with Gasteiger partial charge in [-0.05, 0) is 25.1 Å². The van der Waals surface area contributed by atoms with Gasteiger partial charge in [0.05, 0.1) is 12.2 Å². The fraction of sp³-hybridized carbons (Fsp3) is 0.462. The molecule has 2 rings (SSSR count). The van der Waals surface area contributed by atoms with E-state index in [9.17, 15) is 4.79 Å². The van der Waals surface area contributed by atoms with Crippen LogP contribution in [0.1, 0.15) is 12.5 Å². The summed E-state index contributed by atoms with van der Waals surface area (Å²) in [6.45, 7) is 5.28. The molecule has 0 radical (unpaired) electrons. The SMILES string of the molecule is CCNCC(=O)N(C)c1cc2c(cc1C)OCO2. The maximum Gasteiger partial charge on any atom is 0.240 e. The van der Waals surface area contributed by atoms with Gasteiger partial charge in [-0.2, -0.15) is 0 Å². The van der Waals surface area contributed by atoms with Crippen LogP contribution in [0.5, 0.6) is 11.5 Å². The number of hydrogen-bond acceptors (Lipinski definition) is 4. The smallest absolute Gasteiger partial charge is 0.240 e. The Morgan fingerprint density at radius 1 is 1.39 bits per heavy atom. The largest absolute Gasteiger partial charge is 0.454 e. The van der Waals surface area contributed by atoms with Crippen molar-refractivity contribution in [1.29, 1.82) is 0 Å². The second kappa shape index (κ2) is 5.27. The van der Waals surface area contributed by atoms with E-state index >= 15 is 0 Å². The minimum Gasteiger partial charge on any atom is -0.454 e. The standard InChI is InChI=1S/C13H18N2O3/c1-4-14-7-13(16)15(3)10-6-12-11(5-9(10)2)17-8-18-12/h5-6,14H,4,7-8H2,1-3H3. The average Bonchev–Trinajstić information content (AvgIpc) is 2.81. The average molecular weight is 250 g/mol. The molecular weight excluding hydrogens is 232 g/mol. The van der Waals surface area contributed by atoms with Crippen molar-refractivity contribution in [3.05, 3.63) is 17.7 Å². The molecule has 0 aliphatic carbocycles. The molecule has 1 aliphatic heterocycles. The van der Waals surface area contributed by atoms with Crippen molar-refractivity contribution in [1.82, 2.24) is 5.32 Å². The summed E-state index contributed by atoms with van der Waals surface area (Å²) >= 11 is 0. The molecule has 0 aromatic heterocycles. The quantitative estimate of drug-likeness (QED) is 0.875. The van der Waals surface area contributed by atoms with Gasteiger partial charge in [-0.3, -0.25) is 4.79 Å². The van der Waals surface area contributed by atoms with Crippen LogP contribution in [0, 0.1) is 6.92 Å². The molecule has 0 unspecified atom stereocenters. The highest BCUT2D eigenvalue weighted by molar-refractivity contribution is 5.95. The van der Waals surface area contributed by atoms with E-state index in [2.05, 4.69) is 5.32 Å². The van der Waals surface area contributed by atoms with E-state index in [0.29, 0.717) is 12.3 Å². The molecule has 1 aromatic rings. The summed E-state index contributed by atoms with van der Waals surface area (Å²) in [6, 6.07) is 3.75. The molecule has 0 saturated heterocycles. The number of aryl methyl sites for hydroxylation is 1. The number of likely N-dealkylation sites (N-methyl/N-ethyl adjacent to an activating group) is 2. The number of nitrogens with zero attached hydrogens (tertiary/aromatic N) is 1. The molecule has 0 saturated carbocycles. The van der Waals surface area contributed by atoms with E-state index < -0.39 is 0 Å². The van der Waals surface area contributed by atoms with Crippen molar-refractivity contribution in [2.24, 2.45) is 0 Å². The molecule has 5 heteroatoms. The molecule has 1 amide bonds. The molecule has 1 heterocycles. The van der Waals surface area contributed by atoms with E-state index in [0.717, 1.165) is 23.5 Å². The Morgan fingerprint density at radius 3 is 2.72 bits per heavy atom. The summed E-state index contributed by atoms with van der Waals surface area (Å²) < 4.78 is 10.6. The monoisotopic (exact) mass is 250 g/mol. The van der Waals surface area contributed by atoms with E-state index in [1.165, 1.54) is 0 Å². The first-order valence-corrected chi connectivity index (χ1v) is 6.01. The fourth-order valence-corrected chi connectivity index (χ4v) is 1.88. The number of anilines is 1. The van der Waals surface area contributed by atoms with Crippen molar-refractivity contribution in [2.75, 3.05) is 31.8 Å². The van der Waals surface area contributed by atoms with Crippen molar-refractivity contribution >= 4 is 11.6 Å². The lowest BCUT2D eigenvalue weighted by molar-refractivity contribution is -0.117. The summed E-state index contributed by atoms with van der Waals surface area (Å²) in [7, 11) is 1.77. The van der Waals surface area contributed by atoms with Crippen molar-refractivity contribution < 1.29 is 14.3 Å². The molecule has 1 aromatic carbocycles. The second-order valence-electron chi connectivity index (χ2n) is 4.23. The van der Waals surface area contributed by atoms with Gasteiger partial charge in [-0.1, -0.05) is 6.92 Å². The molecule has 0 spiro atoms. The van der Waals surface area contributed by atoms with Gasteiger partial charge >= 0.3 is 0 Å². The topological polar surface area (TPSA) is 50.8 Å². The lowest BCUT2D eigenvalue weighted by Gasteiger charge is -2.20. The predicted molar refractivity (Wildman–Crippen MR) is 69.3 cm³/mol. The van der Waals surface area contributed by atoms with Crippen LogP contribution in [0.25, 0.3) is 0 Å². The van der Waals surface area contributed by atoms with Gasteiger partial charge in [0.25, 0.3) is 0 Å². The third-order valence-corrected chi connectivity index (χ3v) is 2.95. The van der Waals surface area contributed by atoms with Crippen molar-refractivity contribution in [2.45, 2.75) is 13.8 Å². The lowest BCUT2D eigenvalue weighted by atomic mass is 10.1. The number of hydrogen-bond donors (Lipinski definition) is 1. The second-order valence-corrected chi connectivity index (χ2v) is 4.23. The Bertz CT molecular complexity index is 460. The Morgan fingerprint density at radius 2 is 2.06 bits per heavy atom. The first kappa shape index (κ1) is 12.7. The third kappa shape index (κ3) is 2.41. The number of nitrogens with one attached hydrogen (secondary N) is 1. The molecule has 18 heavy (non-hydrogen) atoms. The summed E-state index contributed by atoms with van der Waals surface area (Å²) in [5, 5.41) is 3.02. The Balaban J connectivity index is 2.20. The van der Waals surface area contributed by atoms with Gasteiger partial charge in [0.2, 0.25) is 12.7 Å². The van der Waals surface area contributed by atoms with Crippen molar-refractivity contribution in [3.8, 4) is 11.5 Å². The summed E-state index contributed by atoms with van der Waals surface area (Å²) in [5.41, 5.74) is 1.84. The first-order valence-electron chi connectivity index (χ1n) is 6.01. The highest BCUT2D eigenvalue weighted by atomic mass is 16.7. The maximum atomic E-state index is 11.9. The number of amides is 1. The Labute approximate surface area is 107 Å². The van der Waals surface area contributed by atoms with Crippen LogP contribution in [-0.2, 0) is 4.79 Å². The fourth-order valence-electron chi connectivity index (χ4n) is 1.88. The van der Waals surface area contributed by atoms with E-state index in [1.54, 1.807) is 11.9 Å². The zero-order chi connectivity index (χ0) is 13.1. The van der Waals surface area contributed by atoms with Crippen LogP contribution in [0.4, 0.5) is 5.69 Å². The number of rotatable bonds is 4. The number of ether oxygens (including phenoxy) is 2. The molecule has 98 valence electrons. The molecular formula is C13H18N2O3. The van der Waals surface area contributed by atoms with Crippen LogP contribution < -0.4 is 19.7 Å². The van der Waals surface area contributed by atoms with Crippen LogP contribution in [-0.4, -0.2) is 32.8 Å². The van der Waals surface area contributed by atoms with Gasteiger partial charge < -0.3 is 19.7 Å². The summed E-state index contributed by atoms with van der Waals surface area (Å²) in [5.74, 6) is 1.46. The normalized spacial score (nSPS) is 12.6. The van der Waals surface area contributed by atoms with E-state index in [-0.39, 0.29) is 12.7 Å². The molecule has 1 N–H and O–H groups in total. The first-order chi connectivity index (χ1) is 8.63. The molecule has 5 nitrogen and oxygen atoms in total. The third-order valence-electron chi connectivity index (χ3n) is 2.95. The number of carbonyl (C=O) groups excluding carboxylic acids is 1. The van der Waals surface area contributed by atoms with Crippen LogP contribution in [0.2, 0.25) is 0 Å². The zero-order valence-electron chi connectivity index (χ0n) is 10.9. The Hall–Kier alpha value is -1.75. The summed E-state index contributed by atoms with van der Waals surface area (Å²) in [6.07, 6.45) is 0. The van der Waals surface area contributed by atoms with E-state index in [4.69, 9.17) is 9.47 Å². The van der Waals surface area contributed by atoms with Crippen molar-refractivity contribution in [3.63, 3.8) is 0 Å². The lowest BCUT2D eigenvalue weighted by Crippen LogP contribution is -2.35. The Kier molecular flexibility index (Phi) is 3.72. The minimum atomic E-state index is 0.0267. The van der Waals surface area contributed by atoms with Crippen LogP contribution >= 0.6 is 0 Å². The van der Waals surface area contributed by atoms with Gasteiger partial charge in [0.15, 0.2) is 11.5 Å². The number of carbonyl (C=O) groups is 1. The van der Waals surface area contributed by atoms with Gasteiger partial charge in [-0.15, -0.1) is 0 Å².